The Bertz CT molecular complexity index is 1180. The van der Waals surface area contributed by atoms with Crippen LogP contribution in [-0.4, -0.2) is 119 Å². The summed E-state index contributed by atoms with van der Waals surface area (Å²) in [5.41, 5.74) is 6.33. The van der Waals surface area contributed by atoms with Crippen molar-refractivity contribution in [3.63, 3.8) is 0 Å². The number of carbonyl (C=O) groups excluding carboxylic acids is 5. The van der Waals surface area contributed by atoms with Crippen LogP contribution in [0, 0.1) is 11.8 Å². The van der Waals surface area contributed by atoms with Gasteiger partial charge in [-0.25, -0.2) is 4.79 Å². The van der Waals surface area contributed by atoms with E-state index >= 15 is 0 Å². The van der Waals surface area contributed by atoms with Gasteiger partial charge in [-0.1, -0.05) is 58.0 Å². The molecule has 1 aromatic rings. The molecule has 0 aliphatic carbocycles. The molecule has 1 aromatic carbocycles. The number of nitrogens with zero attached hydrogens (tertiary/aromatic N) is 1. The van der Waals surface area contributed by atoms with Gasteiger partial charge in [0.15, 0.2) is 0 Å². The molecule has 16 nitrogen and oxygen atoms in total. The summed E-state index contributed by atoms with van der Waals surface area (Å²) in [4.78, 5) is 66.7. The Kier molecular flexibility index (Phi) is 20.1. The number of alkyl carbamates (subject to hydrolysis) is 1. The van der Waals surface area contributed by atoms with Crippen molar-refractivity contribution in [3.8, 4) is 0 Å². The lowest BCUT2D eigenvalue weighted by molar-refractivity contribution is -0.144. The monoisotopic (exact) mass is 694 g/mol. The smallest absolute Gasteiger partial charge is 0.445 e. The molecule has 0 unspecified atom stereocenters. The molecule has 0 aromatic heterocycles. The fourth-order valence-corrected chi connectivity index (χ4v) is 4.96. The van der Waals surface area contributed by atoms with Gasteiger partial charge in [0.05, 0.1) is 19.2 Å². The fraction of sp³-hybridized carbons (Fsp3) is 0.656. The summed E-state index contributed by atoms with van der Waals surface area (Å²) in [5.74, 6) is -4.13. The summed E-state index contributed by atoms with van der Waals surface area (Å²) in [7, 11) is -0.508. The van der Waals surface area contributed by atoms with Gasteiger partial charge >= 0.3 is 13.2 Å². The average molecular weight is 695 g/mol. The molecule has 5 amide bonds. The molecular formula is C32H55BN6O10. The van der Waals surface area contributed by atoms with E-state index in [0.717, 1.165) is 4.90 Å². The molecule has 0 aliphatic heterocycles. The highest BCUT2D eigenvalue weighted by Crippen LogP contribution is 2.14. The highest BCUT2D eigenvalue weighted by molar-refractivity contribution is 6.43. The Hall–Kier alpha value is -3.77. The maximum absolute atomic E-state index is 13.7. The van der Waals surface area contributed by atoms with Crippen LogP contribution in [0.2, 0.25) is 0 Å². The summed E-state index contributed by atoms with van der Waals surface area (Å²) in [5, 5.41) is 49.2. The van der Waals surface area contributed by atoms with E-state index in [1.54, 1.807) is 30.3 Å². The summed E-state index contributed by atoms with van der Waals surface area (Å²) in [6.45, 7) is 5.92. The third-order valence-corrected chi connectivity index (χ3v) is 7.60. The van der Waals surface area contributed by atoms with Gasteiger partial charge in [0.25, 0.3) is 0 Å². The van der Waals surface area contributed by atoms with E-state index in [9.17, 15) is 44.2 Å². The van der Waals surface area contributed by atoms with Crippen LogP contribution in [0.4, 0.5) is 4.79 Å². The molecular weight excluding hydrogens is 639 g/mol. The second kappa shape index (κ2) is 22.8. The molecule has 0 bridgehead atoms. The number of likely N-dealkylation sites (N-methyl/N-ethyl adjacent to an activating group) is 1. The quantitative estimate of drug-likeness (QED) is 0.0514. The van der Waals surface area contributed by atoms with Gasteiger partial charge < -0.3 is 56.9 Å². The second-order valence-corrected chi connectivity index (χ2v) is 12.8. The molecule has 5 atom stereocenters. The number of aliphatic hydroxyl groups is 2. The van der Waals surface area contributed by atoms with Crippen molar-refractivity contribution in [1.29, 1.82) is 0 Å². The van der Waals surface area contributed by atoms with Crippen LogP contribution in [-0.2, 0) is 30.5 Å². The van der Waals surface area contributed by atoms with E-state index in [0.29, 0.717) is 24.9 Å². The van der Waals surface area contributed by atoms with E-state index in [2.05, 4.69) is 21.3 Å². The van der Waals surface area contributed by atoms with Crippen molar-refractivity contribution in [3.05, 3.63) is 35.9 Å². The lowest BCUT2D eigenvalue weighted by Crippen LogP contribution is -2.60. The largest absolute Gasteiger partial charge is 0.475 e. The highest BCUT2D eigenvalue weighted by atomic mass is 16.5. The number of amides is 5. The number of hydrogen-bond donors (Lipinski definition) is 9. The van der Waals surface area contributed by atoms with Crippen LogP contribution in [0.15, 0.2) is 30.3 Å². The van der Waals surface area contributed by atoms with Crippen molar-refractivity contribution in [2.24, 2.45) is 17.6 Å². The average Bonchev–Trinajstić information content (AvgIpc) is 3.05. The van der Waals surface area contributed by atoms with E-state index in [4.69, 9.17) is 10.5 Å². The molecule has 10 N–H and O–H groups in total. The first-order valence-electron chi connectivity index (χ1n) is 16.6. The summed E-state index contributed by atoms with van der Waals surface area (Å²) >= 11 is 0. The zero-order valence-electron chi connectivity index (χ0n) is 29.1. The Balaban J connectivity index is 3.08. The number of ether oxygens (including phenoxy) is 1. The minimum atomic E-state index is -1.82. The Labute approximate surface area is 288 Å². The van der Waals surface area contributed by atoms with Gasteiger partial charge in [0.1, 0.15) is 30.8 Å². The van der Waals surface area contributed by atoms with Crippen molar-refractivity contribution < 1.29 is 49.0 Å². The molecule has 0 radical (unpaired) electrons. The molecule has 0 saturated heterocycles. The molecule has 0 fully saturated rings. The van der Waals surface area contributed by atoms with Crippen LogP contribution >= 0.6 is 0 Å². The second-order valence-electron chi connectivity index (χ2n) is 12.8. The maximum Gasteiger partial charge on any atom is 0.475 e. The molecule has 0 heterocycles. The molecule has 17 heteroatoms. The zero-order chi connectivity index (χ0) is 37.1. The van der Waals surface area contributed by atoms with Gasteiger partial charge in [-0.15, -0.1) is 0 Å². The van der Waals surface area contributed by atoms with Crippen LogP contribution < -0.4 is 27.0 Å². The number of unbranched alkanes of at least 4 members (excludes halogenated alkanes) is 1. The Morgan fingerprint density at radius 2 is 1.37 bits per heavy atom. The van der Waals surface area contributed by atoms with Gasteiger partial charge in [-0.2, -0.15) is 0 Å². The fourth-order valence-electron chi connectivity index (χ4n) is 4.96. The van der Waals surface area contributed by atoms with E-state index < -0.39 is 80.2 Å². The molecule has 276 valence electrons. The third-order valence-electron chi connectivity index (χ3n) is 7.60. The predicted molar refractivity (Wildman–Crippen MR) is 182 cm³/mol. The Morgan fingerprint density at radius 1 is 0.796 bits per heavy atom. The standard InChI is InChI=1S/C32H55BN6O10/c1-20(2)15-23(28(42)38-27(33(47)48)16-21(3)4)35-30(44)26(13-9-10-14-34)39(5)31(45)25(18-41)36-29(43)24(17-40)37-32(46)49-19-22-11-7-6-8-12-22/h6-8,11-12,20-21,23-27,40-41,47-48H,9-10,13-19,34H2,1-5H3,(H,35,44)(H,36,43)(H,37,46)(H,38,42)/t23-,24-,25-,26-,27-/m0/s1. The lowest BCUT2D eigenvalue weighted by atomic mass is 9.75. The number of carbonyl (C=O) groups is 5. The molecule has 0 spiro atoms. The number of hydrogen-bond acceptors (Lipinski definition) is 11. The number of rotatable bonds is 22. The summed E-state index contributed by atoms with van der Waals surface area (Å²) in [6, 6.07) is 3.45. The maximum atomic E-state index is 13.7. The number of benzene rings is 1. The molecule has 49 heavy (non-hydrogen) atoms. The zero-order valence-corrected chi connectivity index (χ0v) is 29.1. The van der Waals surface area contributed by atoms with Gasteiger partial charge in [0, 0.05) is 7.05 Å². The normalized spacial score (nSPS) is 14.2. The number of nitrogens with two attached hydrogens (primary N) is 1. The van der Waals surface area contributed by atoms with Gasteiger partial charge in [-0.3, -0.25) is 19.2 Å². The van der Waals surface area contributed by atoms with Crippen LogP contribution in [0.1, 0.15) is 65.4 Å². The summed E-state index contributed by atoms with van der Waals surface area (Å²) in [6.07, 6.45) is 0.574. The Morgan fingerprint density at radius 3 is 1.90 bits per heavy atom. The SMILES string of the molecule is CC(C)C[C@H](NC(=O)[C@H](CC(C)C)NC(=O)[C@H](CCCCN)N(C)C(=O)[C@H](CO)NC(=O)[C@H](CO)NC(=O)OCc1ccccc1)B(O)O. The molecule has 1 rings (SSSR count). The third kappa shape index (κ3) is 16.0. The minimum Gasteiger partial charge on any atom is -0.445 e. The van der Waals surface area contributed by atoms with Gasteiger partial charge in [-0.05, 0) is 56.0 Å². The first-order valence-corrected chi connectivity index (χ1v) is 16.6. The van der Waals surface area contributed by atoms with Crippen molar-refractivity contribution in [2.45, 2.75) is 96.5 Å². The van der Waals surface area contributed by atoms with Crippen molar-refractivity contribution >= 4 is 36.8 Å². The first-order chi connectivity index (χ1) is 23.1. The van der Waals surface area contributed by atoms with Crippen LogP contribution in [0.5, 0.6) is 0 Å². The number of aliphatic hydroxyl groups excluding tert-OH is 2. The molecule has 0 saturated carbocycles. The topological polar surface area (TPSA) is 253 Å². The van der Waals surface area contributed by atoms with E-state index in [-0.39, 0.29) is 37.7 Å². The van der Waals surface area contributed by atoms with E-state index in [1.807, 2.05) is 27.7 Å². The lowest BCUT2D eigenvalue weighted by Gasteiger charge is -2.32. The first kappa shape index (κ1) is 43.3. The van der Waals surface area contributed by atoms with Crippen LogP contribution in [0.25, 0.3) is 0 Å². The van der Waals surface area contributed by atoms with Gasteiger partial charge in [0.2, 0.25) is 23.6 Å². The summed E-state index contributed by atoms with van der Waals surface area (Å²) < 4.78 is 5.08. The van der Waals surface area contributed by atoms with Crippen LogP contribution in [0.3, 0.4) is 0 Å². The molecule has 0 aliphatic rings. The minimum absolute atomic E-state index is 0.0358. The predicted octanol–water partition coefficient (Wildman–Crippen LogP) is -1.22. The highest BCUT2D eigenvalue weighted by Gasteiger charge is 2.36. The number of nitrogens with one attached hydrogen (secondary N) is 4. The van der Waals surface area contributed by atoms with E-state index in [1.165, 1.54) is 7.05 Å². The van der Waals surface area contributed by atoms with Crippen molar-refractivity contribution in [1.82, 2.24) is 26.2 Å². The van der Waals surface area contributed by atoms with Crippen molar-refractivity contribution in [2.75, 3.05) is 26.8 Å².